The van der Waals surface area contributed by atoms with Crippen molar-refractivity contribution in [2.45, 2.75) is 32.3 Å². The highest BCUT2D eigenvalue weighted by molar-refractivity contribution is 6.41. The molecular weight excluding hydrogens is 385 g/mol. The van der Waals surface area contributed by atoms with Gasteiger partial charge >= 0.3 is 0 Å². The Kier molecular flexibility index (Phi) is 4.94. The minimum Gasteiger partial charge on any atom is -0.487 e. The van der Waals surface area contributed by atoms with Gasteiger partial charge in [0.25, 0.3) is 11.8 Å². The Balaban J connectivity index is 1.64. The van der Waals surface area contributed by atoms with Crippen LogP contribution in [0.5, 0.6) is 5.75 Å². The van der Waals surface area contributed by atoms with Crippen LogP contribution in [0.3, 0.4) is 0 Å². The molecular formula is C21H17Cl2NO3. The maximum Gasteiger partial charge on any atom is 0.261 e. The van der Waals surface area contributed by atoms with Crippen molar-refractivity contribution in [1.82, 2.24) is 0 Å². The Hall–Kier alpha value is -2.30. The van der Waals surface area contributed by atoms with Crippen LogP contribution in [0.15, 0.2) is 53.6 Å². The van der Waals surface area contributed by atoms with E-state index in [9.17, 15) is 9.59 Å². The first-order chi connectivity index (χ1) is 13.1. The fourth-order valence-electron chi connectivity index (χ4n) is 3.49. The predicted molar refractivity (Wildman–Crippen MR) is 105 cm³/mol. The van der Waals surface area contributed by atoms with E-state index in [-0.39, 0.29) is 16.8 Å². The highest BCUT2D eigenvalue weighted by Gasteiger charge is 2.40. The second-order valence-electron chi connectivity index (χ2n) is 6.62. The predicted octanol–water partition coefficient (Wildman–Crippen LogP) is 5.32. The fraction of sp³-hybridized carbons (Fsp3) is 0.238. The molecule has 4 nitrogen and oxygen atoms in total. The number of hydrogen-bond donors (Lipinski definition) is 0. The monoisotopic (exact) mass is 401 g/mol. The van der Waals surface area contributed by atoms with Gasteiger partial charge in [-0.25, -0.2) is 4.90 Å². The van der Waals surface area contributed by atoms with Gasteiger partial charge in [-0.3, -0.25) is 9.59 Å². The topological polar surface area (TPSA) is 46.6 Å². The smallest absolute Gasteiger partial charge is 0.261 e. The van der Waals surface area contributed by atoms with Crippen LogP contribution >= 0.6 is 23.2 Å². The molecule has 4 rings (SSSR count). The van der Waals surface area contributed by atoms with E-state index in [2.05, 4.69) is 0 Å². The van der Waals surface area contributed by atoms with Crippen molar-refractivity contribution in [2.75, 3.05) is 4.90 Å². The molecule has 0 aromatic heterocycles. The summed E-state index contributed by atoms with van der Waals surface area (Å²) in [7, 11) is 0. The van der Waals surface area contributed by atoms with E-state index in [1.165, 1.54) is 6.07 Å². The zero-order valence-electron chi connectivity index (χ0n) is 14.5. The number of imide groups is 1. The van der Waals surface area contributed by atoms with Gasteiger partial charge in [0.15, 0.2) is 0 Å². The first-order valence-electron chi connectivity index (χ1n) is 8.83. The van der Waals surface area contributed by atoms with Crippen molar-refractivity contribution in [3.63, 3.8) is 0 Å². The SMILES string of the molecule is O=C1C2=C(CCCC2)C(=O)N1c1cc(OCc2ccccc2)c(Cl)cc1Cl. The second-order valence-corrected chi connectivity index (χ2v) is 7.43. The van der Waals surface area contributed by atoms with Crippen LogP contribution in [-0.4, -0.2) is 11.8 Å². The summed E-state index contributed by atoms with van der Waals surface area (Å²) in [6.45, 7) is 0.318. The summed E-state index contributed by atoms with van der Waals surface area (Å²) in [4.78, 5) is 26.7. The van der Waals surface area contributed by atoms with E-state index in [0.717, 1.165) is 23.3 Å². The summed E-state index contributed by atoms with van der Waals surface area (Å²) >= 11 is 12.6. The van der Waals surface area contributed by atoms with Gasteiger partial charge in [-0.15, -0.1) is 0 Å². The van der Waals surface area contributed by atoms with Gasteiger partial charge in [-0.1, -0.05) is 53.5 Å². The first kappa shape index (κ1) is 18.1. The van der Waals surface area contributed by atoms with E-state index in [1.54, 1.807) is 6.07 Å². The molecule has 0 spiro atoms. The summed E-state index contributed by atoms with van der Waals surface area (Å²) in [5.41, 5.74) is 2.53. The molecule has 1 aliphatic carbocycles. The van der Waals surface area contributed by atoms with E-state index in [0.29, 0.717) is 47.1 Å². The summed E-state index contributed by atoms with van der Waals surface area (Å²) in [6.07, 6.45) is 3.12. The number of ether oxygens (including phenoxy) is 1. The van der Waals surface area contributed by atoms with Crippen LogP contribution in [0.2, 0.25) is 10.0 Å². The van der Waals surface area contributed by atoms with Crippen LogP contribution in [0.4, 0.5) is 5.69 Å². The third-order valence-corrected chi connectivity index (χ3v) is 5.47. The molecule has 2 amide bonds. The largest absolute Gasteiger partial charge is 0.487 e. The van der Waals surface area contributed by atoms with Crippen molar-refractivity contribution in [3.8, 4) is 5.75 Å². The van der Waals surface area contributed by atoms with E-state index in [1.807, 2.05) is 30.3 Å². The van der Waals surface area contributed by atoms with Crippen LogP contribution in [0.1, 0.15) is 31.2 Å². The number of benzene rings is 2. The van der Waals surface area contributed by atoms with Crippen molar-refractivity contribution < 1.29 is 14.3 Å². The van der Waals surface area contributed by atoms with Crippen molar-refractivity contribution in [1.29, 1.82) is 0 Å². The second kappa shape index (κ2) is 7.37. The lowest BCUT2D eigenvalue weighted by atomic mass is 9.93. The molecule has 138 valence electrons. The Labute approximate surface area is 167 Å². The van der Waals surface area contributed by atoms with Gasteiger partial charge in [-0.2, -0.15) is 0 Å². The minimum atomic E-state index is -0.284. The number of anilines is 1. The van der Waals surface area contributed by atoms with Crippen LogP contribution in [-0.2, 0) is 16.2 Å². The number of hydrogen-bond acceptors (Lipinski definition) is 3. The number of carbonyl (C=O) groups is 2. The maximum atomic E-state index is 12.8. The standard InChI is InChI=1S/C21H17Cl2NO3/c22-16-10-17(23)19(27-12-13-6-2-1-3-7-13)11-18(16)24-20(25)14-8-4-5-9-15(14)21(24)26/h1-3,6-7,10-11H,4-5,8-9,12H2. The third kappa shape index (κ3) is 3.35. The van der Waals surface area contributed by atoms with Gasteiger partial charge < -0.3 is 4.74 Å². The van der Waals surface area contributed by atoms with Crippen molar-refractivity contribution >= 4 is 40.7 Å². The Morgan fingerprint density at radius 3 is 2.15 bits per heavy atom. The van der Waals surface area contributed by atoms with E-state index < -0.39 is 0 Å². The van der Waals surface area contributed by atoms with Gasteiger partial charge in [0.2, 0.25) is 0 Å². The van der Waals surface area contributed by atoms with Crippen molar-refractivity contribution in [2.24, 2.45) is 0 Å². The molecule has 0 bridgehead atoms. The normalized spacial score (nSPS) is 16.7. The molecule has 0 unspecified atom stereocenters. The number of nitrogens with zero attached hydrogens (tertiary/aromatic N) is 1. The Morgan fingerprint density at radius 1 is 0.889 bits per heavy atom. The Morgan fingerprint density at radius 2 is 1.52 bits per heavy atom. The molecule has 0 atom stereocenters. The number of halogens is 2. The molecule has 2 aromatic carbocycles. The van der Waals surface area contributed by atoms with Crippen LogP contribution in [0.25, 0.3) is 0 Å². The molecule has 0 fully saturated rings. The number of rotatable bonds is 4. The molecule has 0 radical (unpaired) electrons. The van der Waals surface area contributed by atoms with Gasteiger partial charge in [0.1, 0.15) is 12.4 Å². The average Bonchev–Trinajstić information content (AvgIpc) is 2.93. The van der Waals surface area contributed by atoms with Gasteiger partial charge in [-0.05, 0) is 37.3 Å². The lowest BCUT2D eigenvalue weighted by Crippen LogP contribution is -2.31. The first-order valence-corrected chi connectivity index (χ1v) is 9.58. The summed E-state index contributed by atoms with van der Waals surface area (Å²) in [5, 5.41) is 0.574. The lowest BCUT2D eigenvalue weighted by molar-refractivity contribution is -0.120. The minimum absolute atomic E-state index is 0.244. The van der Waals surface area contributed by atoms with Crippen LogP contribution in [0, 0.1) is 0 Å². The zero-order chi connectivity index (χ0) is 19.0. The average molecular weight is 402 g/mol. The number of amides is 2. The third-order valence-electron chi connectivity index (χ3n) is 4.87. The molecule has 0 saturated heterocycles. The summed E-state index contributed by atoms with van der Waals surface area (Å²) < 4.78 is 5.81. The molecule has 0 N–H and O–H groups in total. The van der Waals surface area contributed by atoms with Gasteiger partial charge in [0.05, 0.1) is 15.7 Å². The molecule has 2 aliphatic rings. The summed E-state index contributed by atoms with van der Waals surface area (Å²) in [5.74, 6) is -0.189. The van der Waals surface area contributed by atoms with E-state index >= 15 is 0 Å². The molecule has 27 heavy (non-hydrogen) atoms. The summed E-state index contributed by atoms with van der Waals surface area (Å²) in [6, 6.07) is 12.7. The fourth-order valence-corrected chi connectivity index (χ4v) is 4.02. The Bertz CT molecular complexity index is 925. The van der Waals surface area contributed by atoms with Crippen molar-refractivity contribution in [3.05, 3.63) is 69.2 Å². The van der Waals surface area contributed by atoms with Gasteiger partial charge in [0, 0.05) is 17.2 Å². The highest BCUT2D eigenvalue weighted by Crippen LogP contribution is 2.41. The van der Waals surface area contributed by atoms with Crippen LogP contribution < -0.4 is 9.64 Å². The lowest BCUT2D eigenvalue weighted by Gasteiger charge is -2.19. The molecule has 2 aromatic rings. The molecule has 0 saturated carbocycles. The molecule has 1 heterocycles. The maximum absolute atomic E-state index is 12.8. The highest BCUT2D eigenvalue weighted by atomic mass is 35.5. The van der Waals surface area contributed by atoms with E-state index in [4.69, 9.17) is 27.9 Å². The molecule has 6 heteroatoms. The zero-order valence-corrected chi connectivity index (χ0v) is 16.0. The quantitative estimate of drug-likeness (QED) is 0.651. The number of carbonyl (C=O) groups excluding carboxylic acids is 2. The molecule has 1 aliphatic heterocycles.